The lowest BCUT2D eigenvalue weighted by molar-refractivity contribution is -0.137. The first-order valence-corrected chi connectivity index (χ1v) is 7.59. The number of carboxylic acid groups (broad SMARTS) is 1. The number of aryl methyl sites for hydroxylation is 1. The Hall–Kier alpha value is -1.69. The zero-order chi connectivity index (χ0) is 15.6. The lowest BCUT2D eigenvalue weighted by Crippen LogP contribution is -2.31. The minimum absolute atomic E-state index is 0.134. The highest BCUT2D eigenvalue weighted by Gasteiger charge is 2.36. The van der Waals surface area contributed by atoms with Gasteiger partial charge in [0.2, 0.25) is 0 Å². The summed E-state index contributed by atoms with van der Waals surface area (Å²) in [5.74, 6) is -1.78. The van der Waals surface area contributed by atoms with Crippen molar-refractivity contribution < 1.29 is 19.5 Å². The maximum Gasteiger partial charge on any atom is 0.303 e. The van der Waals surface area contributed by atoms with Crippen LogP contribution >= 0.6 is 15.9 Å². The minimum Gasteiger partial charge on any atom is -0.481 e. The average molecular weight is 354 g/mol. The van der Waals surface area contributed by atoms with Crippen LogP contribution in [0.4, 0.5) is 5.69 Å². The van der Waals surface area contributed by atoms with E-state index in [2.05, 4.69) is 15.9 Å². The first kappa shape index (κ1) is 15.7. The van der Waals surface area contributed by atoms with Crippen molar-refractivity contribution in [3.63, 3.8) is 0 Å². The second-order valence-electron chi connectivity index (χ2n) is 5.11. The third-order valence-electron chi connectivity index (χ3n) is 3.49. The highest BCUT2D eigenvalue weighted by Crippen LogP contribution is 2.35. The molecule has 1 amide bonds. The molecule has 1 aromatic rings. The fraction of sp³-hybridized carbons (Fsp3) is 0.400. The summed E-state index contributed by atoms with van der Waals surface area (Å²) in [5, 5.41) is 8.58. The van der Waals surface area contributed by atoms with Crippen LogP contribution < -0.4 is 4.90 Å². The number of ketones is 1. The van der Waals surface area contributed by atoms with Crippen LogP contribution in [0, 0.1) is 6.92 Å². The second kappa shape index (κ2) is 6.39. The topological polar surface area (TPSA) is 74.7 Å². The molecule has 21 heavy (non-hydrogen) atoms. The van der Waals surface area contributed by atoms with Gasteiger partial charge < -0.3 is 10.0 Å². The predicted octanol–water partition coefficient (Wildman–Crippen LogP) is 2.93. The van der Waals surface area contributed by atoms with Crippen molar-refractivity contribution in [1.82, 2.24) is 0 Å². The van der Waals surface area contributed by atoms with Crippen molar-refractivity contribution in [3.05, 3.63) is 27.7 Å². The Morgan fingerprint density at radius 3 is 2.62 bits per heavy atom. The Labute approximate surface area is 131 Å². The summed E-state index contributed by atoms with van der Waals surface area (Å²) in [6.45, 7) is 2.31. The van der Waals surface area contributed by atoms with Crippen molar-refractivity contribution >= 4 is 39.3 Å². The van der Waals surface area contributed by atoms with Gasteiger partial charge >= 0.3 is 5.97 Å². The lowest BCUT2D eigenvalue weighted by Gasteiger charge is -2.18. The van der Waals surface area contributed by atoms with Gasteiger partial charge in [-0.3, -0.25) is 14.4 Å². The number of carbonyl (C=O) groups excluding carboxylic acids is 2. The molecule has 0 atom stereocenters. The van der Waals surface area contributed by atoms with Crippen molar-refractivity contribution in [1.29, 1.82) is 0 Å². The van der Waals surface area contributed by atoms with Crippen LogP contribution in [0.2, 0.25) is 0 Å². The molecule has 0 aliphatic carbocycles. The molecule has 1 aliphatic rings. The molecule has 6 heteroatoms. The van der Waals surface area contributed by atoms with Crippen LogP contribution in [0.5, 0.6) is 0 Å². The highest BCUT2D eigenvalue weighted by molar-refractivity contribution is 9.10. The normalized spacial score (nSPS) is 13.7. The van der Waals surface area contributed by atoms with Gasteiger partial charge in [-0.15, -0.1) is 0 Å². The molecule has 0 aromatic heterocycles. The van der Waals surface area contributed by atoms with Crippen LogP contribution in [-0.2, 0) is 9.59 Å². The number of Topliss-reactive ketones (excluding diaryl/α,β-unsaturated/α-hetero) is 1. The Bertz CT molecular complexity index is 612. The number of anilines is 1. The Kier molecular flexibility index (Phi) is 4.77. The van der Waals surface area contributed by atoms with Crippen molar-refractivity contribution in [2.45, 2.75) is 32.6 Å². The van der Waals surface area contributed by atoms with Gasteiger partial charge in [-0.05, 0) is 37.5 Å². The highest BCUT2D eigenvalue weighted by atomic mass is 79.9. The zero-order valence-corrected chi connectivity index (χ0v) is 13.3. The molecular weight excluding hydrogens is 338 g/mol. The summed E-state index contributed by atoms with van der Waals surface area (Å²) in [6.07, 6.45) is 2.11. The third kappa shape index (κ3) is 3.32. The summed E-state index contributed by atoms with van der Waals surface area (Å²) in [6, 6.07) is 3.55. The van der Waals surface area contributed by atoms with Gasteiger partial charge in [0, 0.05) is 17.4 Å². The van der Waals surface area contributed by atoms with Gasteiger partial charge in [0.15, 0.2) is 0 Å². The molecule has 0 unspecified atom stereocenters. The minimum atomic E-state index is -0.812. The lowest BCUT2D eigenvalue weighted by atomic mass is 10.1. The van der Waals surface area contributed by atoms with Crippen LogP contribution in [0.1, 0.15) is 41.6 Å². The SMILES string of the molecule is Cc1cc(Br)cc2c1N(CCCCCC(=O)O)C(=O)C2=O. The number of nitrogens with zero attached hydrogens (tertiary/aromatic N) is 1. The molecule has 1 heterocycles. The molecule has 1 N–H and O–H groups in total. The summed E-state index contributed by atoms with van der Waals surface area (Å²) in [4.78, 5) is 36.0. The molecule has 2 rings (SSSR count). The smallest absolute Gasteiger partial charge is 0.303 e. The second-order valence-corrected chi connectivity index (χ2v) is 6.02. The van der Waals surface area contributed by atoms with Gasteiger partial charge in [-0.1, -0.05) is 22.4 Å². The Morgan fingerprint density at radius 2 is 1.95 bits per heavy atom. The Balaban J connectivity index is 2.07. The van der Waals surface area contributed by atoms with E-state index in [9.17, 15) is 14.4 Å². The molecule has 0 saturated carbocycles. The predicted molar refractivity (Wildman–Crippen MR) is 81.7 cm³/mol. The number of fused-ring (bicyclic) bond motifs is 1. The summed E-state index contributed by atoms with van der Waals surface area (Å²) >= 11 is 3.33. The van der Waals surface area contributed by atoms with E-state index in [4.69, 9.17) is 5.11 Å². The van der Waals surface area contributed by atoms with Crippen LogP contribution in [0.25, 0.3) is 0 Å². The van der Waals surface area contributed by atoms with E-state index >= 15 is 0 Å². The van der Waals surface area contributed by atoms with E-state index in [1.165, 1.54) is 4.90 Å². The molecule has 0 bridgehead atoms. The standard InChI is InChI=1S/C15H16BrNO4/c1-9-7-10(16)8-11-13(9)17(15(21)14(11)20)6-4-2-3-5-12(18)19/h7-8H,2-6H2,1H3,(H,18,19). The quantitative estimate of drug-likeness (QED) is 0.630. The van der Waals surface area contributed by atoms with Gasteiger partial charge in [0.25, 0.3) is 11.7 Å². The zero-order valence-electron chi connectivity index (χ0n) is 11.7. The number of amides is 1. The molecule has 0 radical (unpaired) electrons. The van der Waals surface area contributed by atoms with E-state index in [-0.39, 0.29) is 6.42 Å². The molecule has 0 saturated heterocycles. The largest absolute Gasteiger partial charge is 0.481 e. The van der Waals surface area contributed by atoms with E-state index in [0.717, 1.165) is 16.5 Å². The van der Waals surface area contributed by atoms with Crippen molar-refractivity contribution in [3.8, 4) is 0 Å². The monoisotopic (exact) mass is 353 g/mol. The number of rotatable bonds is 6. The number of hydrogen-bond donors (Lipinski definition) is 1. The molecule has 1 aromatic carbocycles. The molecule has 0 spiro atoms. The summed E-state index contributed by atoms with van der Waals surface area (Å²) in [5.41, 5.74) is 2.01. The number of hydrogen-bond acceptors (Lipinski definition) is 3. The van der Waals surface area contributed by atoms with Crippen LogP contribution in [-0.4, -0.2) is 29.3 Å². The molecule has 1 aliphatic heterocycles. The molecular formula is C15H16BrNO4. The summed E-state index contributed by atoms with van der Waals surface area (Å²) in [7, 11) is 0. The van der Waals surface area contributed by atoms with E-state index in [1.807, 2.05) is 13.0 Å². The average Bonchev–Trinajstić information content (AvgIpc) is 2.63. The van der Waals surface area contributed by atoms with Crippen molar-refractivity contribution in [2.24, 2.45) is 0 Å². The summed E-state index contributed by atoms with van der Waals surface area (Å²) < 4.78 is 0.781. The number of carbonyl (C=O) groups is 3. The fourth-order valence-electron chi connectivity index (χ4n) is 2.54. The molecule has 112 valence electrons. The maximum absolute atomic E-state index is 12.1. The first-order valence-electron chi connectivity index (χ1n) is 6.80. The number of benzene rings is 1. The van der Waals surface area contributed by atoms with E-state index in [1.54, 1.807) is 6.07 Å². The van der Waals surface area contributed by atoms with Crippen LogP contribution in [0.3, 0.4) is 0 Å². The number of carboxylic acids is 1. The van der Waals surface area contributed by atoms with Crippen LogP contribution in [0.15, 0.2) is 16.6 Å². The molecule has 5 nitrogen and oxygen atoms in total. The van der Waals surface area contributed by atoms with Gasteiger partial charge in [-0.25, -0.2) is 0 Å². The van der Waals surface area contributed by atoms with E-state index < -0.39 is 17.7 Å². The Morgan fingerprint density at radius 1 is 1.24 bits per heavy atom. The van der Waals surface area contributed by atoms with Crippen molar-refractivity contribution in [2.75, 3.05) is 11.4 Å². The molecule has 0 fully saturated rings. The third-order valence-corrected chi connectivity index (χ3v) is 3.95. The fourth-order valence-corrected chi connectivity index (χ4v) is 3.11. The van der Waals surface area contributed by atoms with Gasteiger partial charge in [-0.2, -0.15) is 0 Å². The number of unbranched alkanes of at least 4 members (excludes halogenated alkanes) is 2. The first-order chi connectivity index (χ1) is 9.91. The van der Waals surface area contributed by atoms with Gasteiger partial charge in [0.1, 0.15) is 0 Å². The van der Waals surface area contributed by atoms with Gasteiger partial charge in [0.05, 0.1) is 11.3 Å². The maximum atomic E-state index is 12.1. The van der Waals surface area contributed by atoms with E-state index in [0.29, 0.717) is 30.6 Å². The number of halogens is 1. The number of aliphatic carboxylic acids is 1.